The van der Waals surface area contributed by atoms with Crippen LogP contribution in [0.25, 0.3) is 0 Å². The molecule has 0 saturated carbocycles. The third-order valence-corrected chi connectivity index (χ3v) is 2.60. The van der Waals surface area contributed by atoms with Gasteiger partial charge in [-0.25, -0.2) is 0 Å². The predicted molar refractivity (Wildman–Crippen MR) is 56.7 cm³/mol. The van der Waals surface area contributed by atoms with E-state index in [4.69, 9.17) is 4.74 Å². The van der Waals surface area contributed by atoms with Crippen molar-refractivity contribution in [3.8, 4) is 0 Å². The van der Waals surface area contributed by atoms with E-state index in [1.165, 1.54) is 12.3 Å². The van der Waals surface area contributed by atoms with Crippen LogP contribution in [0.1, 0.15) is 18.1 Å². The number of hydrogen-bond donors (Lipinski definition) is 0. The summed E-state index contributed by atoms with van der Waals surface area (Å²) in [7, 11) is 0. The molecule has 1 aromatic rings. The van der Waals surface area contributed by atoms with Gasteiger partial charge in [-0.3, -0.25) is 4.79 Å². The van der Waals surface area contributed by atoms with E-state index in [9.17, 15) is 4.79 Å². The fourth-order valence-electron chi connectivity index (χ4n) is 1.41. The molecule has 1 aliphatic rings. The molecule has 0 aliphatic carbocycles. The van der Waals surface area contributed by atoms with Gasteiger partial charge in [0.1, 0.15) is 6.10 Å². The lowest BCUT2D eigenvalue weighted by molar-refractivity contribution is -0.118. The molecule has 0 aromatic heterocycles. The van der Waals surface area contributed by atoms with E-state index in [1.54, 1.807) is 0 Å². The molecule has 0 spiro atoms. The summed E-state index contributed by atoms with van der Waals surface area (Å²) in [5, 5.41) is 0. The summed E-state index contributed by atoms with van der Waals surface area (Å²) in [6.07, 6.45) is 3.23. The monoisotopic (exact) mass is 252 g/mol. The minimum Gasteiger partial charge on any atom is -0.493 e. The Labute approximate surface area is 90.7 Å². The predicted octanol–water partition coefficient (Wildman–Crippen LogP) is 2.99. The van der Waals surface area contributed by atoms with Crippen molar-refractivity contribution in [2.45, 2.75) is 12.5 Å². The molecule has 1 atom stereocenters. The van der Waals surface area contributed by atoms with E-state index in [2.05, 4.69) is 15.9 Å². The molecule has 0 unspecified atom stereocenters. The van der Waals surface area contributed by atoms with E-state index in [0.29, 0.717) is 6.42 Å². The SMILES string of the molecule is O=C1C=CO[C@H](c2cccc(Br)c2)C1. The Hall–Kier alpha value is -1.09. The molecule has 3 heteroatoms. The molecule has 1 heterocycles. The summed E-state index contributed by atoms with van der Waals surface area (Å²) in [5.74, 6) is 0.112. The zero-order valence-electron chi connectivity index (χ0n) is 7.44. The van der Waals surface area contributed by atoms with Gasteiger partial charge in [0, 0.05) is 10.5 Å². The summed E-state index contributed by atoms with van der Waals surface area (Å²) < 4.78 is 6.37. The summed E-state index contributed by atoms with van der Waals surface area (Å²) in [6.45, 7) is 0. The normalized spacial score (nSPS) is 20.6. The fourth-order valence-corrected chi connectivity index (χ4v) is 1.83. The third kappa shape index (κ3) is 2.04. The Bertz CT molecular complexity index is 385. The average molecular weight is 253 g/mol. The standard InChI is InChI=1S/C11H9BrO2/c12-9-3-1-2-8(6-9)11-7-10(13)4-5-14-11/h1-6,11H,7H2/t11-/m0/s1. The van der Waals surface area contributed by atoms with Gasteiger partial charge in [-0.1, -0.05) is 28.1 Å². The Balaban J connectivity index is 2.23. The van der Waals surface area contributed by atoms with Crippen LogP contribution < -0.4 is 0 Å². The van der Waals surface area contributed by atoms with Crippen molar-refractivity contribution >= 4 is 21.7 Å². The van der Waals surface area contributed by atoms with E-state index in [-0.39, 0.29) is 11.9 Å². The van der Waals surface area contributed by atoms with Gasteiger partial charge >= 0.3 is 0 Å². The molecule has 72 valence electrons. The van der Waals surface area contributed by atoms with Gasteiger partial charge < -0.3 is 4.74 Å². The number of allylic oxidation sites excluding steroid dienone is 1. The minimum atomic E-state index is -0.134. The highest BCUT2D eigenvalue weighted by Crippen LogP contribution is 2.26. The first-order chi connectivity index (χ1) is 6.75. The topological polar surface area (TPSA) is 26.3 Å². The average Bonchev–Trinajstić information content (AvgIpc) is 2.18. The first-order valence-electron chi connectivity index (χ1n) is 4.36. The number of benzene rings is 1. The molecule has 0 fully saturated rings. The van der Waals surface area contributed by atoms with Crippen molar-refractivity contribution in [1.82, 2.24) is 0 Å². The van der Waals surface area contributed by atoms with Crippen molar-refractivity contribution in [1.29, 1.82) is 0 Å². The van der Waals surface area contributed by atoms with Crippen molar-refractivity contribution in [3.63, 3.8) is 0 Å². The molecule has 0 saturated heterocycles. The quantitative estimate of drug-likeness (QED) is 0.769. The molecule has 2 nitrogen and oxygen atoms in total. The number of carbonyl (C=O) groups excluding carboxylic acids is 1. The number of halogens is 1. The lowest BCUT2D eigenvalue weighted by Gasteiger charge is -2.18. The summed E-state index contributed by atoms with van der Waals surface area (Å²) in [5.41, 5.74) is 1.03. The summed E-state index contributed by atoms with van der Waals surface area (Å²) >= 11 is 3.39. The van der Waals surface area contributed by atoms with Crippen LogP contribution in [0.15, 0.2) is 41.1 Å². The zero-order valence-corrected chi connectivity index (χ0v) is 9.03. The maximum Gasteiger partial charge on any atom is 0.162 e. The Morgan fingerprint density at radius 1 is 1.43 bits per heavy atom. The molecule has 2 rings (SSSR count). The zero-order chi connectivity index (χ0) is 9.97. The van der Waals surface area contributed by atoms with Gasteiger partial charge in [-0.05, 0) is 17.7 Å². The van der Waals surface area contributed by atoms with Gasteiger partial charge in [0.05, 0.1) is 12.7 Å². The lowest BCUT2D eigenvalue weighted by Crippen LogP contribution is -2.11. The van der Waals surface area contributed by atoms with Crippen molar-refractivity contribution < 1.29 is 9.53 Å². The van der Waals surface area contributed by atoms with Crippen molar-refractivity contribution in [3.05, 3.63) is 46.6 Å². The van der Waals surface area contributed by atoms with Crippen LogP contribution in [-0.2, 0) is 9.53 Å². The molecule has 0 bridgehead atoms. The van der Waals surface area contributed by atoms with Crippen LogP contribution in [0.2, 0.25) is 0 Å². The molecular formula is C11H9BrO2. The van der Waals surface area contributed by atoms with Crippen LogP contribution in [0.5, 0.6) is 0 Å². The largest absolute Gasteiger partial charge is 0.493 e. The highest BCUT2D eigenvalue weighted by atomic mass is 79.9. The minimum absolute atomic E-state index is 0.112. The highest BCUT2D eigenvalue weighted by molar-refractivity contribution is 9.10. The van der Waals surface area contributed by atoms with Crippen molar-refractivity contribution in [2.24, 2.45) is 0 Å². The summed E-state index contributed by atoms with van der Waals surface area (Å²) in [6, 6.07) is 7.81. The molecule has 1 aliphatic heterocycles. The van der Waals surface area contributed by atoms with Gasteiger partial charge in [0.15, 0.2) is 5.78 Å². The van der Waals surface area contributed by atoms with Gasteiger partial charge in [0.2, 0.25) is 0 Å². The lowest BCUT2D eigenvalue weighted by atomic mass is 10.0. The van der Waals surface area contributed by atoms with E-state index >= 15 is 0 Å². The van der Waals surface area contributed by atoms with Gasteiger partial charge in [-0.15, -0.1) is 0 Å². The van der Waals surface area contributed by atoms with Crippen LogP contribution in [-0.4, -0.2) is 5.78 Å². The number of rotatable bonds is 1. The number of hydrogen-bond acceptors (Lipinski definition) is 2. The second kappa shape index (κ2) is 3.96. The number of ketones is 1. The van der Waals surface area contributed by atoms with Crippen LogP contribution in [0.3, 0.4) is 0 Å². The maximum absolute atomic E-state index is 11.2. The molecule has 0 amide bonds. The van der Waals surface area contributed by atoms with Crippen molar-refractivity contribution in [2.75, 3.05) is 0 Å². The Morgan fingerprint density at radius 3 is 3.00 bits per heavy atom. The second-order valence-electron chi connectivity index (χ2n) is 3.15. The number of carbonyl (C=O) groups is 1. The van der Waals surface area contributed by atoms with E-state index < -0.39 is 0 Å². The second-order valence-corrected chi connectivity index (χ2v) is 4.07. The molecule has 14 heavy (non-hydrogen) atoms. The smallest absolute Gasteiger partial charge is 0.162 e. The van der Waals surface area contributed by atoms with Crippen LogP contribution in [0.4, 0.5) is 0 Å². The molecule has 0 radical (unpaired) electrons. The van der Waals surface area contributed by atoms with Gasteiger partial charge in [0.25, 0.3) is 0 Å². The third-order valence-electron chi connectivity index (χ3n) is 2.10. The Kier molecular flexibility index (Phi) is 2.68. The first-order valence-corrected chi connectivity index (χ1v) is 5.15. The van der Waals surface area contributed by atoms with Crippen LogP contribution in [0, 0.1) is 0 Å². The van der Waals surface area contributed by atoms with E-state index in [1.807, 2.05) is 24.3 Å². The first kappa shape index (κ1) is 9.46. The highest BCUT2D eigenvalue weighted by Gasteiger charge is 2.18. The number of ether oxygens (including phenoxy) is 1. The molecule has 1 aromatic carbocycles. The Morgan fingerprint density at radius 2 is 2.29 bits per heavy atom. The molecule has 0 N–H and O–H groups in total. The summed E-state index contributed by atoms with van der Waals surface area (Å²) in [4.78, 5) is 11.2. The maximum atomic E-state index is 11.2. The molecular weight excluding hydrogens is 244 g/mol. The van der Waals surface area contributed by atoms with Gasteiger partial charge in [-0.2, -0.15) is 0 Å². The van der Waals surface area contributed by atoms with Crippen LogP contribution >= 0.6 is 15.9 Å². The van der Waals surface area contributed by atoms with E-state index in [0.717, 1.165) is 10.0 Å². The fraction of sp³-hybridized carbons (Fsp3) is 0.182.